The first-order valence-corrected chi connectivity index (χ1v) is 28.2. The van der Waals surface area contributed by atoms with Gasteiger partial charge in [0.25, 0.3) is 0 Å². The third kappa shape index (κ3) is 6.33. The highest BCUT2D eigenvalue weighted by Gasteiger charge is 2.44. The van der Waals surface area contributed by atoms with E-state index in [-0.39, 0.29) is 21.9 Å². The molecule has 10 aromatic rings. The van der Waals surface area contributed by atoms with Crippen LogP contribution in [0.25, 0.3) is 50.2 Å². The number of oxazole rings is 1. The zero-order chi connectivity index (χ0) is 52.4. The van der Waals surface area contributed by atoms with Crippen molar-refractivity contribution in [2.75, 3.05) is 0 Å². The van der Waals surface area contributed by atoms with Crippen LogP contribution in [0.4, 0.5) is 0 Å². The average Bonchev–Trinajstić information content (AvgIpc) is 4.37. The third-order valence-corrected chi connectivity index (χ3v) is 22.5. The molecule has 6 heteroatoms. The number of hydrogen-bond donors (Lipinski definition) is 0. The van der Waals surface area contributed by atoms with Crippen LogP contribution >= 0.6 is 0 Å². The monoisotopic (exact) mass is 924 g/mol. The van der Waals surface area contributed by atoms with Crippen molar-refractivity contribution in [1.29, 1.82) is 0 Å². The Bertz CT molecular complexity index is 3860. The maximum absolute atomic E-state index is 10.5. The van der Waals surface area contributed by atoms with Gasteiger partial charge in [0, 0.05) is 22.1 Å². The van der Waals surface area contributed by atoms with Crippen molar-refractivity contribution in [3.63, 3.8) is 0 Å². The van der Waals surface area contributed by atoms with Crippen molar-refractivity contribution in [2.45, 2.75) is 83.0 Å². The predicted octanol–water partition coefficient (Wildman–Crippen LogP) is 12.5. The molecule has 0 radical (unpaired) electrons. The lowest BCUT2D eigenvalue weighted by atomic mass is 9.89. The summed E-state index contributed by atoms with van der Waals surface area (Å²) in [5, 5.41) is 4.92. The van der Waals surface area contributed by atoms with Gasteiger partial charge >= 0.3 is 5.84 Å². The predicted molar refractivity (Wildman–Crippen MR) is 287 cm³/mol. The summed E-state index contributed by atoms with van der Waals surface area (Å²) in [5.41, 5.74) is 9.57. The highest BCUT2D eigenvalue weighted by Crippen LogP contribution is 2.45. The summed E-state index contributed by atoms with van der Waals surface area (Å²) in [4.78, 5) is 4.97. The fourth-order valence-corrected chi connectivity index (χ4v) is 18.8. The molecule has 0 amide bonds. The van der Waals surface area contributed by atoms with Crippen LogP contribution in [0.1, 0.15) is 90.8 Å². The van der Waals surface area contributed by atoms with E-state index in [1.165, 1.54) is 0 Å². The molecule has 2 aliphatic carbocycles. The minimum absolute atomic E-state index is 0.216. The van der Waals surface area contributed by atoms with Gasteiger partial charge in [-0.1, -0.05) is 196 Å². The maximum atomic E-state index is 10.5. The van der Waals surface area contributed by atoms with E-state index in [0.717, 1.165) is 115 Å². The number of aromatic nitrogens is 2. The maximum Gasteiger partial charge on any atom is 0.307 e. The summed E-state index contributed by atoms with van der Waals surface area (Å²) in [6, 6.07) is 59.4. The van der Waals surface area contributed by atoms with E-state index in [9.17, 15) is 2.74 Å². The van der Waals surface area contributed by atoms with E-state index in [1.54, 1.807) is 36.4 Å². The molecule has 0 saturated heterocycles. The lowest BCUT2D eigenvalue weighted by molar-refractivity contribution is 0.488. The van der Waals surface area contributed by atoms with Crippen molar-refractivity contribution in [1.82, 2.24) is 9.38 Å². The Morgan fingerprint density at radius 2 is 1.12 bits per heavy atom. The smallest absolute Gasteiger partial charge is 0.307 e. The number of fused-ring (bicyclic) bond motifs is 7. The molecule has 0 bridgehead atoms. The molecule has 1 aliphatic heterocycles. The van der Waals surface area contributed by atoms with Gasteiger partial charge in [-0.15, -0.1) is 0 Å². The molecular weight excluding hydrogens is 861 g/mol. The van der Waals surface area contributed by atoms with Crippen LogP contribution in [0, 0.1) is 6.92 Å². The minimum Gasteiger partial charge on any atom is -0.457 e. The molecule has 0 atom stereocenters. The molecule has 334 valence electrons. The quantitative estimate of drug-likeness (QED) is 0.113. The zero-order valence-corrected chi connectivity index (χ0v) is 40.1. The van der Waals surface area contributed by atoms with Crippen LogP contribution < -0.4 is 35.9 Å². The first kappa shape index (κ1) is 33.7. The lowest BCUT2D eigenvalue weighted by Crippen LogP contribution is -2.74. The Morgan fingerprint density at radius 1 is 0.559 bits per heavy atom. The molecule has 2 aromatic heterocycles. The summed E-state index contributed by atoms with van der Waals surface area (Å²) in [5.74, 6) is -0.883. The van der Waals surface area contributed by atoms with Crippen LogP contribution in [-0.2, 0) is 0 Å². The molecule has 68 heavy (non-hydrogen) atoms. The van der Waals surface area contributed by atoms with E-state index in [0.29, 0.717) is 24.2 Å². The Morgan fingerprint density at radius 3 is 1.78 bits per heavy atom. The van der Waals surface area contributed by atoms with Gasteiger partial charge in [0.15, 0.2) is 13.7 Å². The molecule has 4 nitrogen and oxygen atoms in total. The summed E-state index contributed by atoms with van der Waals surface area (Å²) in [6.45, 7) is -3.64. The molecule has 8 aromatic carbocycles. The normalized spacial score (nSPS) is 19.1. The van der Waals surface area contributed by atoms with E-state index >= 15 is 0 Å². The summed E-state index contributed by atoms with van der Waals surface area (Å²) in [6.07, 6.45) is 6.33. The SMILES string of the molecule is [2H]C1(c2cc([Si](c3ccccc3)(c3ccccc3)c3ccc(-c4cccc5c4oc4nc6c(C)cccc6n45)c(C4([2H])CCCC4)c3)ccc2-c2cccc3c2Oc2ccccc2[Si]3(C([2H])([2H])[2H])C([2H])([2H])[2H])CCCC1. The van der Waals surface area contributed by atoms with E-state index < -0.39 is 40.9 Å². The van der Waals surface area contributed by atoms with Crippen molar-refractivity contribution in [2.24, 2.45) is 0 Å². The van der Waals surface area contributed by atoms with Gasteiger partial charge in [-0.05, 0) is 122 Å². The summed E-state index contributed by atoms with van der Waals surface area (Å²) < 4.78 is 91.1. The average molecular weight is 925 g/mol. The molecule has 0 unspecified atom stereocenters. The van der Waals surface area contributed by atoms with Crippen molar-refractivity contribution >= 4 is 75.2 Å². The number of nitrogens with zero attached hydrogens (tertiary/aromatic N) is 2. The standard InChI is InChI=1S/C62H56N2O2Si2/c1-41-19-16-30-54-59(41)63-62-64(54)55-31-17-28-50(60(55)66-62)48-37-35-46(39-52(48)42-20-10-11-21-42)68(44-24-6-4-7-25-44,45-26-8-5-9-27-45)47-36-38-49(53(40-47)43-22-12-13-23-43)51-29-18-34-58-61(51)65-56-32-14-15-33-57(56)67(58,2)3/h4-9,14-19,24-40,42-43H,10-13,20-23H2,1-3H3/i2D3,3D3,42D,43D. The fourth-order valence-electron chi connectivity index (χ4n) is 12.0. The number of benzene rings is 8. The molecule has 0 spiro atoms. The van der Waals surface area contributed by atoms with Crippen molar-refractivity contribution in [3.8, 4) is 33.8 Å². The van der Waals surface area contributed by atoms with E-state index in [1.807, 2.05) is 6.07 Å². The Kier molecular flexibility index (Phi) is 8.03. The highest BCUT2D eigenvalue weighted by molar-refractivity contribution is 7.20. The summed E-state index contributed by atoms with van der Waals surface area (Å²) in [7, 11) is -8.02. The number of imidazole rings is 1. The Balaban J connectivity index is 1.08. The molecule has 2 saturated carbocycles. The number of para-hydroxylation sites is 4. The lowest BCUT2D eigenvalue weighted by Gasteiger charge is -2.37. The Hall–Kier alpha value is -6.74. The molecule has 3 aliphatic rings. The van der Waals surface area contributed by atoms with E-state index in [2.05, 4.69) is 145 Å². The van der Waals surface area contributed by atoms with Gasteiger partial charge in [-0.2, -0.15) is 4.98 Å². The third-order valence-electron chi connectivity index (χ3n) is 15.3. The number of rotatable bonds is 8. The van der Waals surface area contributed by atoms with Gasteiger partial charge in [0.2, 0.25) is 0 Å². The van der Waals surface area contributed by atoms with Gasteiger partial charge in [-0.3, -0.25) is 4.40 Å². The number of hydrogen-bond acceptors (Lipinski definition) is 3. The van der Waals surface area contributed by atoms with Gasteiger partial charge in [0.05, 0.1) is 16.6 Å². The molecule has 2 fully saturated rings. The molecule has 0 N–H and O–H groups in total. The van der Waals surface area contributed by atoms with Crippen LogP contribution in [0.15, 0.2) is 180 Å². The van der Waals surface area contributed by atoms with E-state index in [4.69, 9.17) is 22.4 Å². The Labute approximate surface area is 412 Å². The van der Waals surface area contributed by atoms with Crippen molar-refractivity contribution in [3.05, 3.63) is 193 Å². The van der Waals surface area contributed by atoms with Crippen molar-refractivity contribution < 1.29 is 20.1 Å². The molecule has 13 rings (SSSR count). The molecule has 3 heterocycles. The van der Waals surface area contributed by atoms with Gasteiger partial charge in [0.1, 0.15) is 19.6 Å². The summed E-state index contributed by atoms with van der Waals surface area (Å²) >= 11 is 0. The van der Waals surface area contributed by atoms with Crippen LogP contribution in [0.5, 0.6) is 11.5 Å². The van der Waals surface area contributed by atoms with Gasteiger partial charge in [-0.25, -0.2) is 0 Å². The van der Waals surface area contributed by atoms with Crippen LogP contribution in [-0.4, -0.2) is 25.5 Å². The first-order valence-electron chi connectivity index (χ1n) is 28.2. The first-order chi connectivity index (χ1) is 36.6. The molecular formula is C62H56N2O2Si2. The number of ether oxygens (including phenoxy) is 1. The second kappa shape index (κ2) is 16.2. The second-order valence-corrected chi connectivity index (χ2v) is 25.5. The largest absolute Gasteiger partial charge is 0.457 e. The topological polar surface area (TPSA) is 39.7 Å². The second-order valence-electron chi connectivity index (χ2n) is 19.1. The highest BCUT2D eigenvalue weighted by atomic mass is 28.3. The fraction of sp³-hybridized carbons (Fsp3) is 0.210. The minimum atomic E-state index is -4.61. The van der Waals surface area contributed by atoms with Crippen LogP contribution in [0.2, 0.25) is 13.0 Å². The number of aryl methyl sites for hydroxylation is 1. The zero-order valence-electron chi connectivity index (χ0n) is 46.1. The van der Waals surface area contributed by atoms with Gasteiger partial charge < -0.3 is 9.15 Å². The van der Waals surface area contributed by atoms with Crippen LogP contribution in [0.3, 0.4) is 0 Å².